The summed E-state index contributed by atoms with van der Waals surface area (Å²) in [5.74, 6) is 0. The van der Waals surface area contributed by atoms with Crippen molar-refractivity contribution in [3.63, 3.8) is 0 Å². The highest BCUT2D eigenvalue weighted by Gasteiger charge is 2.02. The Balaban J connectivity index is 2.31. The summed E-state index contributed by atoms with van der Waals surface area (Å²) in [4.78, 5) is 4.34. The summed E-state index contributed by atoms with van der Waals surface area (Å²) in [5, 5.41) is 2.08. The van der Waals surface area contributed by atoms with Gasteiger partial charge in [-0.25, -0.2) is 0 Å². The number of imidazole rings is 1. The Morgan fingerprint density at radius 2 is 2.43 bits per heavy atom. The second-order valence-electron chi connectivity index (χ2n) is 3.05. The van der Waals surface area contributed by atoms with E-state index in [0.717, 1.165) is 15.8 Å². The number of nitrogens with one attached hydrogen (secondary N) is 1. The molecular weight excluding hydrogens is 280 g/mol. The molecule has 2 aromatic rings. The molecule has 2 rings (SSSR count). The van der Waals surface area contributed by atoms with Gasteiger partial charge in [-0.2, -0.15) is 0 Å². The Morgan fingerprint density at radius 3 is 2.93 bits per heavy atom. The monoisotopic (exact) mass is 288 g/mol. The van der Waals surface area contributed by atoms with Crippen LogP contribution in [0.4, 0.5) is 0 Å². The van der Waals surface area contributed by atoms with E-state index in [1.807, 2.05) is 6.20 Å². The molecule has 0 radical (unpaired) electrons. The van der Waals surface area contributed by atoms with E-state index in [4.69, 9.17) is 12.2 Å². The number of halogens is 1. The van der Waals surface area contributed by atoms with Gasteiger partial charge in [-0.3, -0.25) is 0 Å². The van der Waals surface area contributed by atoms with Gasteiger partial charge in [0, 0.05) is 26.6 Å². The molecule has 2 nitrogen and oxygen atoms in total. The van der Waals surface area contributed by atoms with Gasteiger partial charge < -0.3 is 9.55 Å². The molecule has 0 aliphatic carbocycles. The van der Waals surface area contributed by atoms with Gasteiger partial charge in [0.2, 0.25) is 0 Å². The fourth-order valence-corrected chi connectivity index (χ4v) is 2.98. The van der Waals surface area contributed by atoms with E-state index >= 15 is 0 Å². The number of H-pyrrole nitrogens is 1. The molecule has 2 heterocycles. The molecule has 74 valence electrons. The maximum Gasteiger partial charge on any atom is 0.177 e. The van der Waals surface area contributed by atoms with Gasteiger partial charge in [0.25, 0.3) is 0 Å². The van der Waals surface area contributed by atoms with Crippen molar-refractivity contribution in [1.29, 1.82) is 0 Å². The Bertz CT molecular complexity index is 495. The van der Waals surface area contributed by atoms with Crippen LogP contribution in [0.3, 0.4) is 0 Å². The highest BCUT2D eigenvalue weighted by Crippen LogP contribution is 2.21. The van der Waals surface area contributed by atoms with Crippen LogP contribution in [0.5, 0.6) is 0 Å². The standard InChI is InChI=1S/C9H9BrN2S2/c1-6-3-11-9(13)12(6)4-8-2-7(10)5-14-8/h2-3,5H,4H2,1H3,(H,11,13). The van der Waals surface area contributed by atoms with Gasteiger partial charge in [0.1, 0.15) is 0 Å². The molecule has 5 heteroatoms. The van der Waals surface area contributed by atoms with Crippen LogP contribution in [0.2, 0.25) is 0 Å². The van der Waals surface area contributed by atoms with Crippen molar-refractivity contribution in [2.75, 3.05) is 0 Å². The molecule has 0 amide bonds. The highest BCUT2D eigenvalue weighted by atomic mass is 79.9. The predicted molar refractivity (Wildman–Crippen MR) is 65.5 cm³/mol. The summed E-state index contributed by atoms with van der Waals surface area (Å²) >= 11 is 10.4. The summed E-state index contributed by atoms with van der Waals surface area (Å²) in [6, 6.07) is 2.12. The van der Waals surface area contributed by atoms with Crippen LogP contribution in [0, 0.1) is 11.7 Å². The first-order valence-electron chi connectivity index (χ1n) is 4.14. The Labute approximate surface area is 99.7 Å². The fourth-order valence-electron chi connectivity index (χ4n) is 1.27. The molecular formula is C9H9BrN2S2. The number of nitrogens with zero attached hydrogens (tertiary/aromatic N) is 1. The quantitative estimate of drug-likeness (QED) is 0.836. The lowest BCUT2D eigenvalue weighted by Gasteiger charge is -2.01. The van der Waals surface area contributed by atoms with Crippen LogP contribution < -0.4 is 0 Å². The smallest absolute Gasteiger partial charge is 0.177 e. The van der Waals surface area contributed by atoms with Crippen molar-refractivity contribution >= 4 is 39.5 Å². The minimum Gasteiger partial charge on any atom is -0.337 e. The summed E-state index contributed by atoms with van der Waals surface area (Å²) in [6.45, 7) is 2.90. The first-order chi connectivity index (χ1) is 6.66. The number of hydrogen-bond acceptors (Lipinski definition) is 2. The van der Waals surface area contributed by atoms with Crippen molar-refractivity contribution in [1.82, 2.24) is 9.55 Å². The maximum absolute atomic E-state index is 5.18. The molecule has 1 N–H and O–H groups in total. The molecule has 0 atom stereocenters. The van der Waals surface area contributed by atoms with Crippen LogP contribution in [0.1, 0.15) is 10.6 Å². The number of rotatable bonds is 2. The number of aromatic nitrogens is 2. The van der Waals surface area contributed by atoms with E-state index in [9.17, 15) is 0 Å². The molecule has 0 spiro atoms. The van der Waals surface area contributed by atoms with E-state index in [-0.39, 0.29) is 0 Å². The Kier molecular flexibility index (Phi) is 2.90. The number of thiophene rings is 1. The van der Waals surface area contributed by atoms with Gasteiger partial charge >= 0.3 is 0 Å². The largest absolute Gasteiger partial charge is 0.337 e. The lowest BCUT2D eigenvalue weighted by Crippen LogP contribution is -1.99. The van der Waals surface area contributed by atoms with Crippen LogP contribution in [-0.4, -0.2) is 9.55 Å². The molecule has 0 bridgehead atoms. The summed E-state index contributed by atoms with van der Waals surface area (Å²) < 4.78 is 4.01. The second kappa shape index (κ2) is 4.00. The van der Waals surface area contributed by atoms with Crippen molar-refractivity contribution < 1.29 is 0 Å². The van der Waals surface area contributed by atoms with Crippen molar-refractivity contribution in [2.24, 2.45) is 0 Å². The third-order valence-electron chi connectivity index (χ3n) is 2.01. The molecule has 0 aromatic carbocycles. The number of aryl methyl sites for hydroxylation is 1. The van der Waals surface area contributed by atoms with Gasteiger partial charge in [0.05, 0.1) is 6.54 Å². The maximum atomic E-state index is 5.18. The molecule has 2 aromatic heterocycles. The number of hydrogen-bond donors (Lipinski definition) is 1. The van der Waals surface area contributed by atoms with Crippen LogP contribution >= 0.6 is 39.5 Å². The average molecular weight is 289 g/mol. The SMILES string of the molecule is Cc1c[nH]c(=S)n1Cc1cc(Br)cs1. The summed E-state index contributed by atoms with van der Waals surface area (Å²) in [6.07, 6.45) is 1.94. The van der Waals surface area contributed by atoms with Crippen LogP contribution in [0.25, 0.3) is 0 Å². The average Bonchev–Trinajstić information content (AvgIpc) is 2.67. The Morgan fingerprint density at radius 1 is 1.64 bits per heavy atom. The van der Waals surface area contributed by atoms with Crippen LogP contribution in [-0.2, 0) is 6.54 Å². The summed E-state index contributed by atoms with van der Waals surface area (Å²) in [5.41, 5.74) is 1.17. The molecule has 0 saturated heterocycles. The van der Waals surface area contributed by atoms with E-state index in [0.29, 0.717) is 0 Å². The molecule has 0 unspecified atom stereocenters. The van der Waals surface area contributed by atoms with E-state index in [1.165, 1.54) is 10.6 Å². The van der Waals surface area contributed by atoms with Gasteiger partial charge in [-0.1, -0.05) is 0 Å². The zero-order chi connectivity index (χ0) is 10.1. The highest BCUT2D eigenvalue weighted by molar-refractivity contribution is 9.10. The van der Waals surface area contributed by atoms with E-state index in [2.05, 4.69) is 43.9 Å². The molecule has 0 aliphatic rings. The molecule has 0 saturated carbocycles. The fraction of sp³-hybridized carbons (Fsp3) is 0.222. The molecule has 0 aliphatic heterocycles. The minimum atomic E-state index is 0.784. The van der Waals surface area contributed by atoms with Crippen molar-refractivity contribution in [2.45, 2.75) is 13.5 Å². The van der Waals surface area contributed by atoms with Crippen molar-refractivity contribution in [3.05, 3.63) is 37.5 Å². The third-order valence-corrected chi connectivity index (χ3v) is 4.03. The third kappa shape index (κ3) is 1.99. The van der Waals surface area contributed by atoms with Gasteiger partial charge in [-0.05, 0) is 41.1 Å². The zero-order valence-electron chi connectivity index (χ0n) is 7.58. The minimum absolute atomic E-state index is 0.784. The lowest BCUT2D eigenvalue weighted by molar-refractivity contribution is 0.768. The normalized spacial score (nSPS) is 10.7. The first-order valence-corrected chi connectivity index (χ1v) is 6.22. The summed E-state index contributed by atoms with van der Waals surface area (Å²) in [7, 11) is 0. The zero-order valence-corrected chi connectivity index (χ0v) is 10.8. The predicted octanol–water partition coefficient (Wildman–Crippen LogP) is 3.73. The van der Waals surface area contributed by atoms with E-state index < -0.39 is 0 Å². The Hall–Kier alpha value is -0.390. The van der Waals surface area contributed by atoms with Crippen molar-refractivity contribution in [3.8, 4) is 0 Å². The second-order valence-corrected chi connectivity index (χ2v) is 5.35. The van der Waals surface area contributed by atoms with Crippen LogP contribution in [0.15, 0.2) is 22.1 Å². The lowest BCUT2D eigenvalue weighted by atomic mass is 10.4. The van der Waals surface area contributed by atoms with Gasteiger partial charge in [-0.15, -0.1) is 11.3 Å². The topological polar surface area (TPSA) is 20.7 Å². The van der Waals surface area contributed by atoms with E-state index in [1.54, 1.807) is 11.3 Å². The molecule has 0 fully saturated rings. The number of aromatic amines is 1. The van der Waals surface area contributed by atoms with Gasteiger partial charge in [0.15, 0.2) is 4.77 Å². The molecule has 14 heavy (non-hydrogen) atoms. The first kappa shape index (κ1) is 10.1.